The average molecular weight is 377 g/mol. The van der Waals surface area contributed by atoms with Gasteiger partial charge in [-0.2, -0.15) is 0 Å². The van der Waals surface area contributed by atoms with Gasteiger partial charge < -0.3 is 4.74 Å². The normalized spacial score (nSPS) is 15.5. The predicted octanol–water partition coefficient (Wildman–Crippen LogP) is 3.18. The summed E-state index contributed by atoms with van der Waals surface area (Å²) in [4.78, 5) is 11.6. The number of halogens is 1. The Morgan fingerprint density at radius 1 is 1.23 bits per heavy atom. The molecule has 1 atom stereocenters. The van der Waals surface area contributed by atoms with E-state index in [2.05, 4.69) is 9.46 Å². The van der Waals surface area contributed by atoms with Crippen molar-refractivity contribution in [2.75, 3.05) is 7.11 Å². The number of ether oxygens (including phenoxy) is 1. The lowest BCUT2D eigenvalue weighted by molar-refractivity contribution is 0.0600. The minimum Gasteiger partial charge on any atom is -0.465 e. The molecule has 3 rings (SSSR count). The molecule has 0 spiro atoms. The van der Waals surface area contributed by atoms with E-state index in [4.69, 9.17) is 0 Å². The maximum atomic E-state index is 13.1. The van der Waals surface area contributed by atoms with E-state index in [9.17, 15) is 17.6 Å². The third-order valence-electron chi connectivity index (χ3n) is 4.33. The second-order valence-electron chi connectivity index (χ2n) is 6.44. The molecule has 7 heteroatoms. The van der Waals surface area contributed by atoms with Crippen molar-refractivity contribution in [1.29, 1.82) is 0 Å². The Kier molecular flexibility index (Phi) is 5.38. The molecule has 26 heavy (non-hydrogen) atoms. The highest BCUT2D eigenvalue weighted by atomic mass is 32.2. The number of benzene rings is 2. The highest BCUT2D eigenvalue weighted by Crippen LogP contribution is 2.41. The highest BCUT2D eigenvalue weighted by molar-refractivity contribution is 7.88. The molecule has 1 saturated carbocycles. The molecule has 138 valence electrons. The molecule has 1 N–H and O–H groups in total. The molecular formula is C19H20FNO4S. The van der Waals surface area contributed by atoms with E-state index < -0.39 is 16.0 Å². The third kappa shape index (κ3) is 4.68. The van der Waals surface area contributed by atoms with Crippen LogP contribution < -0.4 is 4.72 Å². The Hall–Kier alpha value is -2.25. The van der Waals surface area contributed by atoms with E-state index in [0.29, 0.717) is 11.1 Å². The van der Waals surface area contributed by atoms with Crippen molar-refractivity contribution in [3.05, 3.63) is 71.0 Å². The molecule has 0 aromatic heterocycles. The predicted molar refractivity (Wildman–Crippen MR) is 95.4 cm³/mol. The summed E-state index contributed by atoms with van der Waals surface area (Å²) in [5.74, 6) is -0.899. The van der Waals surface area contributed by atoms with E-state index in [1.807, 2.05) is 0 Å². The quantitative estimate of drug-likeness (QED) is 0.752. The molecule has 0 aliphatic heterocycles. The van der Waals surface area contributed by atoms with Gasteiger partial charge in [-0.3, -0.25) is 0 Å². The molecule has 2 aromatic rings. The Balaban J connectivity index is 1.77. The lowest BCUT2D eigenvalue weighted by Crippen LogP contribution is -2.31. The lowest BCUT2D eigenvalue weighted by Gasteiger charge is -2.19. The van der Waals surface area contributed by atoms with Crippen molar-refractivity contribution in [2.45, 2.75) is 24.6 Å². The molecule has 1 fully saturated rings. The zero-order valence-corrected chi connectivity index (χ0v) is 15.1. The van der Waals surface area contributed by atoms with Gasteiger partial charge in [0, 0.05) is 6.04 Å². The number of hydrogen-bond donors (Lipinski definition) is 1. The zero-order valence-electron chi connectivity index (χ0n) is 14.3. The molecule has 1 aliphatic rings. The number of hydrogen-bond acceptors (Lipinski definition) is 4. The van der Waals surface area contributed by atoms with E-state index in [1.165, 1.54) is 25.3 Å². The summed E-state index contributed by atoms with van der Waals surface area (Å²) in [6.45, 7) is 0. The molecule has 0 heterocycles. The van der Waals surface area contributed by atoms with Gasteiger partial charge in [0.25, 0.3) is 0 Å². The van der Waals surface area contributed by atoms with E-state index in [1.54, 1.807) is 30.3 Å². The molecular weight excluding hydrogens is 357 g/mol. The summed E-state index contributed by atoms with van der Waals surface area (Å²) in [5.41, 5.74) is 1.55. The number of methoxy groups -OCH3 is 1. The van der Waals surface area contributed by atoms with Crippen LogP contribution in [-0.2, 0) is 20.5 Å². The van der Waals surface area contributed by atoms with Crippen molar-refractivity contribution in [3.63, 3.8) is 0 Å². The van der Waals surface area contributed by atoms with Gasteiger partial charge in [0.1, 0.15) is 5.82 Å². The molecule has 0 saturated heterocycles. The molecule has 1 unspecified atom stereocenters. The van der Waals surface area contributed by atoms with E-state index in [-0.39, 0.29) is 23.5 Å². The Morgan fingerprint density at radius 3 is 2.54 bits per heavy atom. The molecule has 0 bridgehead atoms. The summed E-state index contributed by atoms with van der Waals surface area (Å²) in [5, 5.41) is 0. The third-order valence-corrected chi connectivity index (χ3v) is 5.66. The van der Waals surface area contributed by atoms with Crippen LogP contribution in [0.15, 0.2) is 48.5 Å². The lowest BCUT2D eigenvalue weighted by atomic mass is 10.0. The van der Waals surface area contributed by atoms with E-state index >= 15 is 0 Å². The van der Waals surface area contributed by atoms with Gasteiger partial charge in [0.05, 0.1) is 18.4 Å². The fourth-order valence-corrected chi connectivity index (χ4v) is 4.31. The monoisotopic (exact) mass is 377 g/mol. The molecule has 0 amide bonds. The topological polar surface area (TPSA) is 72.5 Å². The standard InChI is InChI=1S/C19H20FNO4S/c1-25-19(22)16-4-2-3-13(11-16)12-26(23,24)21-18(14-5-6-14)15-7-9-17(20)10-8-15/h2-4,7-11,14,18,21H,5-6,12H2,1H3. The summed E-state index contributed by atoms with van der Waals surface area (Å²) in [6.07, 6.45) is 1.87. The van der Waals surface area contributed by atoms with E-state index in [0.717, 1.165) is 18.4 Å². The van der Waals surface area contributed by atoms with Crippen LogP contribution in [0.2, 0.25) is 0 Å². The van der Waals surface area contributed by atoms with Gasteiger partial charge in [-0.15, -0.1) is 0 Å². The van der Waals surface area contributed by atoms with Crippen LogP contribution in [0, 0.1) is 11.7 Å². The van der Waals surface area contributed by atoms with Crippen molar-refractivity contribution < 1.29 is 22.3 Å². The first kappa shape index (κ1) is 18.5. The first-order valence-electron chi connectivity index (χ1n) is 8.31. The molecule has 5 nitrogen and oxygen atoms in total. The SMILES string of the molecule is COC(=O)c1cccc(CS(=O)(=O)NC(c2ccc(F)cc2)C2CC2)c1. The smallest absolute Gasteiger partial charge is 0.337 e. The summed E-state index contributed by atoms with van der Waals surface area (Å²) >= 11 is 0. The number of carbonyl (C=O) groups excluding carboxylic acids is 1. The average Bonchev–Trinajstić information content (AvgIpc) is 3.45. The summed E-state index contributed by atoms with van der Waals surface area (Å²) in [7, 11) is -2.37. The van der Waals surface area contributed by atoms with Crippen molar-refractivity contribution in [2.24, 2.45) is 5.92 Å². The van der Waals surface area contributed by atoms with Gasteiger partial charge in [-0.05, 0) is 54.2 Å². The molecule has 0 radical (unpaired) electrons. The van der Waals surface area contributed by atoms with Crippen molar-refractivity contribution in [3.8, 4) is 0 Å². The second-order valence-corrected chi connectivity index (χ2v) is 8.19. The highest BCUT2D eigenvalue weighted by Gasteiger charge is 2.35. The van der Waals surface area contributed by atoms with Crippen LogP contribution in [0.5, 0.6) is 0 Å². The second kappa shape index (κ2) is 7.55. The number of nitrogens with one attached hydrogen (secondary N) is 1. The van der Waals surface area contributed by atoms with Crippen LogP contribution in [0.3, 0.4) is 0 Å². The van der Waals surface area contributed by atoms with Crippen molar-refractivity contribution >= 4 is 16.0 Å². The van der Waals surface area contributed by atoms with Crippen LogP contribution in [0.1, 0.15) is 40.4 Å². The molecule has 1 aliphatic carbocycles. The Labute approximate surface area is 152 Å². The van der Waals surface area contributed by atoms with Crippen molar-refractivity contribution in [1.82, 2.24) is 4.72 Å². The Morgan fingerprint density at radius 2 is 1.92 bits per heavy atom. The van der Waals surface area contributed by atoms with Gasteiger partial charge in [0.15, 0.2) is 0 Å². The number of esters is 1. The van der Waals surface area contributed by atoms with Crippen LogP contribution >= 0.6 is 0 Å². The summed E-state index contributed by atoms with van der Waals surface area (Å²) < 4.78 is 45.8. The van der Waals surface area contributed by atoms with Gasteiger partial charge in [-0.25, -0.2) is 22.3 Å². The van der Waals surface area contributed by atoms with Gasteiger partial charge in [-0.1, -0.05) is 24.3 Å². The largest absolute Gasteiger partial charge is 0.465 e. The van der Waals surface area contributed by atoms with Crippen LogP contribution in [0.4, 0.5) is 4.39 Å². The fraction of sp³-hybridized carbons (Fsp3) is 0.316. The first-order valence-corrected chi connectivity index (χ1v) is 9.96. The fourth-order valence-electron chi connectivity index (χ4n) is 2.90. The zero-order chi connectivity index (χ0) is 18.7. The Bertz CT molecular complexity index is 892. The van der Waals surface area contributed by atoms with Gasteiger partial charge >= 0.3 is 5.97 Å². The minimum absolute atomic E-state index is 0.219. The maximum Gasteiger partial charge on any atom is 0.337 e. The van der Waals surface area contributed by atoms with Gasteiger partial charge in [0.2, 0.25) is 10.0 Å². The number of rotatable bonds is 7. The van der Waals surface area contributed by atoms with Crippen LogP contribution in [0.25, 0.3) is 0 Å². The van der Waals surface area contributed by atoms with Crippen LogP contribution in [-0.4, -0.2) is 21.5 Å². The first-order chi connectivity index (χ1) is 12.4. The maximum absolute atomic E-state index is 13.1. The number of sulfonamides is 1. The summed E-state index contributed by atoms with van der Waals surface area (Å²) in [6, 6.07) is 11.9. The number of carbonyl (C=O) groups is 1. The molecule has 2 aromatic carbocycles. The minimum atomic E-state index is -3.64.